The molecule has 0 radical (unpaired) electrons. The summed E-state index contributed by atoms with van der Waals surface area (Å²) < 4.78 is 47.2. The zero-order valence-electron chi connectivity index (χ0n) is 9.17. The maximum atomic E-state index is 11.8. The maximum absolute atomic E-state index is 11.8. The Bertz CT molecular complexity index is 424. The van der Waals surface area contributed by atoms with Crippen LogP contribution in [0.25, 0.3) is 0 Å². The van der Waals surface area contributed by atoms with E-state index in [0.29, 0.717) is 6.42 Å². The van der Waals surface area contributed by atoms with Gasteiger partial charge >= 0.3 is 0 Å². The Morgan fingerprint density at radius 3 is 2.20 bits per heavy atom. The van der Waals surface area contributed by atoms with E-state index in [0.717, 1.165) is 0 Å². The minimum absolute atomic E-state index is 0.0462. The molecule has 0 saturated carbocycles. The van der Waals surface area contributed by atoms with E-state index >= 15 is 0 Å². The number of hydrogen-bond acceptors (Lipinski definition) is 4. The van der Waals surface area contributed by atoms with Crippen LogP contribution in [0, 0.1) is 0 Å². The van der Waals surface area contributed by atoms with Gasteiger partial charge in [0.05, 0.1) is 16.8 Å². The molecule has 7 heteroatoms. The molecule has 0 aromatic rings. The van der Waals surface area contributed by atoms with Crippen LogP contribution >= 0.6 is 0 Å². The van der Waals surface area contributed by atoms with Gasteiger partial charge in [0.15, 0.2) is 9.84 Å². The minimum atomic E-state index is -3.34. The molecule has 1 aliphatic heterocycles. The Labute approximate surface area is 91.4 Å². The van der Waals surface area contributed by atoms with Gasteiger partial charge in [0.2, 0.25) is 10.0 Å². The van der Waals surface area contributed by atoms with E-state index in [1.807, 2.05) is 0 Å². The largest absolute Gasteiger partial charge is 0.229 e. The molecule has 1 atom stereocenters. The summed E-state index contributed by atoms with van der Waals surface area (Å²) in [5.74, 6) is 0.0467. The van der Waals surface area contributed by atoms with E-state index in [2.05, 4.69) is 0 Å². The third-order valence-electron chi connectivity index (χ3n) is 2.72. The van der Waals surface area contributed by atoms with Crippen molar-refractivity contribution in [1.29, 1.82) is 0 Å². The fraction of sp³-hybridized carbons (Fsp3) is 1.00. The zero-order valence-corrected chi connectivity index (χ0v) is 10.8. The fourth-order valence-corrected chi connectivity index (χ4v) is 4.73. The molecule has 1 unspecified atom stereocenters. The molecule has 1 rings (SSSR count). The molecule has 1 saturated heterocycles. The van der Waals surface area contributed by atoms with Crippen molar-refractivity contribution in [3.63, 3.8) is 0 Å². The van der Waals surface area contributed by atoms with Crippen LogP contribution in [0.3, 0.4) is 0 Å². The van der Waals surface area contributed by atoms with Crippen LogP contribution in [-0.2, 0) is 19.9 Å². The molecule has 0 N–H and O–H groups in total. The average molecular weight is 255 g/mol. The van der Waals surface area contributed by atoms with Crippen molar-refractivity contribution in [2.24, 2.45) is 0 Å². The highest BCUT2D eigenvalue weighted by atomic mass is 32.2. The van der Waals surface area contributed by atoms with Crippen LogP contribution in [0.4, 0.5) is 0 Å². The SMILES string of the molecule is CC(C)S(=O)(=O)N(C)C1CCS(=O)(=O)C1. The molecule has 15 heavy (non-hydrogen) atoms. The monoisotopic (exact) mass is 255 g/mol. The highest BCUT2D eigenvalue weighted by Gasteiger charge is 2.36. The Hall–Kier alpha value is -0.140. The molecule has 1 aliphatic rings. The summed E-state index contributed by atoms with van der Waals surface area (Å²) in [6.07, 6.45) is 0.408. The van der Waals surface area contributed by atoms with Gasteiger partial charge in [0.25, 0.3) is 0 Å². The van der Waals surface area contributed by atoms with E-state index in [9.17, 15) is 16.8 Å². The van der Waals surface area contributed by atoms with E-state index in [1.54, 1.807) is 13.8 Å². The number of rotatable bonds is 3. The minimum Gasteiger partial charge on any atom is -0.229 e. The first-order chi connectivity index (χ1) is 6.67. The van der Waals surface area contributed by atoms with Gasteiger partial charge in [-0.3, -0.25) is 0 Å². The van der Waals surface area contributed by atoms with Crippen LogP contribution < -0.4 is 0 Å². The van der Waals surface area contributed by atoms with Crippen LogP contribution in [0.15, 0.2) is 0 Å². The summed E-state index contributed by atoms with van der Waals surface area (Å²) in [7, 11) is -4.92. The Morgan fingerprint density at radius 1 is 1.33 bits per heavy atom. The Morgan fingerprint density at radius 2 is 1.87 bits per heavy atom. The van der Waals surface area contributed by atoms with Gasteiger partial charge < -0.3 is 0 Å². The van der Waals surface area contributed by atoms with Crippen molar-refractivity contribution in [1.82, 2.24) is 4.31 Å². The van der Waals surface area contributed by atoms with E-state index in [4.69, 9.17) is 0 Å². The molecule has 1 fully saturated rings. The van der Waals surface area contributed by atoms with Gasteiger partial charge in [-0.25, -0.2) is 21.1 Å². The van der Waals surface area contributed by atoms with Crippen LogP contribution in [0.1, 0.15) is 20.3 Å². The van der Waals surface area contributed by atoms with Gasteiger partial charge in [-0.05, 0) is 20.3 Å². The topological polar surface area (TPSA) is 71.5 Å². The summed E-state index contributed by atoms with van der Waals surface area (Å²) in [5, 5.41) is -0.509. The van der Waals surface area contributed by atoms with Gasteiger partial charge in [-0.1, -0.05) is 0 Å². The standard InChI is InChI=1S/C8H17NO4S2/c1-7(2)15(12,13)9(3)8-4-5-14(10,11)6-8/h7-8H,4-6H2,1-3H3. The van der Waals surface area contributed by atoms with Crippen molar-refractivity contribution in [3.8, 4) is 0 Å². The fourth-order valence-electron chi connectivity index (χ4n) is 1.60. The zero-order chi connectivity index (χ0) is 11.9. The second-order valence-corrected chi connectivity index (χ2v) is 8.94. The number of sulfone groups is 1. The third kappa shape index (κ3) is 2.70. The van der Waals surface area contributed by atoms with Crippen molar-refractivity contribution < 1.29 is 16.8 Å². The molecular weight excluding hydrogens is 238 g/mol. The number of sulfonamides is 1. The van der Waals surface area contributed by atoms with Crippen molar-refractivity contribution in [2.75, 3.05) is 18.6 Å². The quantitative estimate of drug-likeness (QED) is 0.703. The summed E-state index contributed by atoms with van der Waals surface area (Å²) in [6.45, 7) is 3.19. The molecule has 90 valence electrons. The second kappa shape index (κ2) is 4.03. The molecule has 1 heterocycles. The van der Waals surface area contributed by atoms with Gasteiger partial charge in [0, 0.05) is 13.1 Å². The highest BCUT2D eigenvalue weighted by molar-refractivity contribution is 7.92. The first kappa shape index (κ1) is 12.9. The summed E-state index contributed by atoms with van der Waals surface area (Å²) in [4.78, 5) is 0. The van der Waals surface area contributed by atoms with E-state index < -0.39 is 25.1 Å². The molecule has 0 aromatic carbocycles. The molecule has 0 bridgehead atoms. The van der Waals surface area contributed by atoms with Gasteiger partial charge in [-0.15, -0.1) is 0 Å². The van der Waals surface area contributed by atoms with Crippen LogP contribution in [-0.4, -0.2) is 51.0 Å². The summed E-state index contributed by atoms with van der Waals surface area (Å²) in [6, 6.07) is -0.387. The Kier molecular flexibility index (Phi) is 3.47. The van der Waals surface area contributed by atoms with Crippen LogP contribution in [0.2, 0.25) is 0 Å². The van der Waals surface area contributed by atoms with Gasteiger partial charge in [0.1, 0.15) is 0 Å². The molecule has 0 amide bonds. The second-order valence-electron chi connectivity index (χ2n) is 4.17. The molecule has 0 aromatic heterocycles. The van der Waals surface area contributed by atoms with Crippen molar-refractivity contribution in [3.05, 3.63) is 0 Å². The lowest BCUT2D eigenvalue weighted by molar-refractivity contribution is 0.389. The predicted octanol–water partition coefficient (Wildman–Crippen LogP) is -0.157. The normalized spacial score (nSPS) is 26.3. The van der Waals surface area contributed by atoms with E-state index in [-0.39, 0.29) is 17.5 Å². The summed E-state index contributed by atoms with van der Waals surface area (Å²) >= 11 is 0. The molecular formula is C8H17NO4S2. The Balaban J connectivity index is 2.85. The predicted molar refractivity (Wildman–Crippen MR) is 58.9 cm³/mol. The smallest absolute Gasteiger partial charge is 0.216 e. The van der Waals surface area contributed by atoms with Crippen LogP contribution in [0.5, 0.6) is 0 Å². The lowest BCUT2D eigenvalue weighted by Crippen LogP contribution is -2.41. The molecule has 5 nitrogen and oxygen atoms in total. The number of hydrogen-bond donors (Lipinski definition) is 0. The highest BCUT2D eigenvalue weighted by Crippen LogP contribution is 2.20. The maximum Gasteiger partial charge on any atom is 0.216 e. The lowest BCUT2D eigenvalue weighted by atomic mass is 10.3. The first-order valence-electron chi connectivity index (χ1n) is 4.84. The molecule has 0 aliphatic carbocycles. The lowest BCUT2D eigenvalue weighted by Gasteiger charge is -2.24. The van der Waals surface area contributed by atoms with Gasteiger partial charge in [-0.2, -0.15) is 0 Å². The average Bonchev–Trinajstić information content (AvgIpc) is 2.44. The first-order valence-corrected chi connectivity index (χ1v) is 8.16. The summed E-state index contributed by atoms with van der Waals surface area (Å²) in [5.41, 5.74) is 0. The van der Waals surface area contributed by atoms with Crippen molar-refractivity contribution >= 4 is 19.9 Å². The number of nitrogens with zero attached hydrogens (tertiary/aromatic N) is 1. The third-order valence-corrected chi connectivity index (χ3v) is 6.76. The molecule has 0 spiro atoms. The van der Waals surface area contributed by atoms with E-state index in [1.165, 1.54) is 11.4 Å². The van der Waals surface area contributed by atoms with Crippen molar-refractivity contribution in [2.45, 2.75) is 31.6 Å².